The van der Waals surface area contributed by atoms with Gasteiger partial charge in [-0.15, -0.1) is 11.8 Å². The minimum atomic E-state index is -0.800. The Labute approximate surface area is 123 Å². The van der Waals surface area contributed by atoms with Gasteiger partial charge in [0, 0.05) is 23.1 Å². The van der Waals surface area contributed by atoms with Crippen LogP contribution in [0, 0.1) is 5.92 Å². The molecule has 1 aliphatic rings. The fourth-order valence-corrected chi connectivity index (χ4v) is 3.36. The van der Waals surface area contributed by atoms with Crippen LogP contribution in [-0.2, 0) is 9.59 Å². The third kappa shape index (κ3) is 4.27. The van der Waals surface area contributed by atoms with Crippen LogP contribution in [0.1, 0.15) is 25.7 Å². The monoisotopic (exact) mass is 293 g/mol. The molecule has 0 bridgehead atoms. The van der Waals surface area contributed by atoms with Gasteiger partial charge in [-0.25, -0.2) is 0 Å². The molecule has 0 aliphatic heterocycles. The lowest BCUT2D eigenvalue weighted by atomic mass is 10.0. The molecule has 1 aliphatic carbocycles. The van der Waals surface area contributed by atoms with Gasteiger partial charge in [-0.3, -0.25) is 9.59 Å². The highest BCUT2D eigenvalue weighted by molar-refractivity contribution is 7.99. The van der Waals surface area contributed by atoms with Crippen LogP contribution in [0.4, 0.5) is 0 Å². The van der Waals surface area contributed by atoms with Gasteiger partial charge in [-0.2, -0.15) is 0 Å². The molecule has 2 rings (SSSR count). The number of carbonyl (C=O) groups is 2. The Kier molecular flexibility index (Phi) is 5.47. The molecule has 0 spiro atoms. The molecule has 1 amide bonds. The standard InChI is InChI=1S/C15H19NO3S/c17-14(9-10-20-11-5-2-1-3-6-11)16-13-8-4-7-12(13)15(18)19/h1-3,5-6,12-13H,4,7-10H2,(H,16,17)(H,18,19)/t12-,13+/m1/s1. The van der Waals surface area contributed by atoms with E-state index in [0.717, 1.165) is 17.7 Å². The molecule has 1 aromatic rings. The van der Waals surface area contributed by atoms with E-state index < -0.39 is 11.9 Å². The van der Waals surface area contributed by atoms with E-state index in [4.69, 9.17) is 5.11 Å². The lowest BCUT2D eigenvalue weighted by Gasteiger charge is -2.17. The quantitative estimate of drug-likeness (QED) is 0.791. The average Bonchev–Trinajstić information content (AvgIpc) is 2.88. The van der Waals surface area contributed by atoms with E-state index in [1.54, 1.807) is 11.8 Å². The highest BCUT2D eigenvalue weighted by Gasteiger charge is 2.33. The van der Waals surface area contributed by atoms with Crippen LogP contribution >= 0.6 is 11.8 Å². The largest absolute Gasteiger partial charge is 0.481 e. The van der Waals surface area contributed by atoms with Crippen LogP contribution in [0.3, 0.4) is 0 Å². The summed E-state index contributed by atoms with van der Waals surface area (Å²) in [6, 6.07) is 9.74. The van der Waals surface area contributed by atoms with Crippen molar-refractivity contribution in [1.29, 1.82) is 0 Å². The lowest BCUT2D eigenvalue weighted by Crippen LogP contribution is -2.40. The number of thioether (sulfide) groups is 1. The second kappa shape index (κ2) is 7.33. The van der Waals surface area contributed by atoms with Gasteiger partial charge in [0.25, 0.3) is 0 Å². The van der Waals surface area contributed by atoms with Crippen molar-refractivity contribution >= 4 is 23.6 Å². The van der Waals surface area contributed by atoms with Crippen molar-refractivity contribution in [3.05, 3.63) is 30.3 Å². The first-order valence-electron chi connectivity index (χ1n) is 6.87. The Hall–Kier alpha value is -1.49. The molecule has 5 heteroatoms. The van der Waals surface area contributed by atoms with Gasteiger partial charge in [0.05, 0.1) is 5.92 Å². The van der Waals surface area contributed by atoms with Crippen LogP contribution in [0.5, 0.6) is 0 Å². The third-order valence-electron chi connectivity index (χ3n) is 3.52. The second-order valence-electron chi connectivity index (χ2n) is 4.96. The molecule has 1 saturated carbocycles. The topological polar surface area (TPSA) is 66.4 Å². The predicted octanol–water partition coefficient (Wildman–Crippen LogP) is 2.54. The predicted molar refractivity (Wildman–Crippen MR) is 78.7 cm³/mol. The Balaban J connectivity index is 1.71. The number of amides is 1. The van der Waals surface area contributed by atoms with Crippen LogP contribution in [-0.4, -0.2) is 28.8 Å². The maximum Gasteiger partial charge on any atom is 0.308 e. The first-order chi connectivity index (χ1) is 9.66. The van der Waals surface area contributed by atoms with E-state index in [-0.39, 0.29) is 11.9 Å². The molecular formula is C15H19NO3S. The highest BCUT2D eigenvalue weighted by atomic mass is 32.2. The number of carboxylic acids is 1. The molecule has 1 aromatic carbocycles. The lowest BCUT2D eigenvalue weighted by molar-refractivity contribution is -0.142. The van der Waals surface area contributed by atoms with Crippen molar-refractivity contribution in [3.63, 3.8) is 0 Å². The summed E-state index contributed by atoms with van der Waals surface area (Å²) in [5.74, 6) is -0.556. The van der Waals surface area contributed by atoms with Gasteiger partial charge in [-0.05, 0) is 25.0 Å². The summed E-state index contributed by atoms with van der Waals surface area (Å²) in [7, 11) is 0. The maximum atomic E-state index is 11.8. The Morgan fingerprint density at radius 3 is 2.70 bits per heavy atom. The van der Waals surface area contributed by atoms with E-state index in [1.165, 1.54) is 0 Å². The zero-order chi connectivity index (χ0) is 14.4. The molecule has 2 atom stereocenters. The van der Waals surface area contributed by atoms with Crippen molar-refractivity contribution in [2.75, 3.05) is 5.75 Å². The first-order valence-corrected chi connectivity index (χ1v) is 7.85. The number of hydrogen-bond donors (Lipinski definition) is 2. The zero-order valence-electron chi connectivity index (χ0n) is 11.2. The molecule has 20 heavy (non-hydrogen) atoms. The number of carboxylic acid groups (broad SMARTS) is 1. The molecule has 0 unspecified atom stereocenters. The van der Waals surface area contributed by atoms with Crippen LogP contribution in [0.25, 0.3) is 0 Å². The molecule has 2 N–H and O–H groups in total. The van der Waals surface area contributed by atoms with Crippen LogP contribution < -0.4 is 5.32 Å². The van der Waals surface area contributed by atoms with Gasteiger partial charge in [-0.1, -0.05) is 24.6 Å². The number of aliphatic carboxylic acids is 1. The minimum Gasteiger partial charge on any atom is -0.481 e. The molecular weight excluding hydrogens is 274 g/mol. The Bertz CT molecular complexity index is 463. The van der Waals surface area contributed by atoms with E-state index in [0.29, 0.717) is 18.6 Å². The van der Waals surface area contributed by atoms with Gasteiger partial charge in [0.15, 0.2) is 0 Å². The number of nitrogens with one attached hydrogen (secondary N) is 1. The molecule has 0 saturated heterocycles. The summed E-state index contributed by atoms with van der Waals surface area (Å²) >= 11 is 1.64. The maximum absolute atomic E-state index is 11.8. The number of rotatable bonds is 6. The zero-order valence-corrected chi connectivity index (χ0v) is 12.1. The second-order valence-corrected chi connectivity index (χ2v) is 6.13. The Morgan fingerprint density at radius 1 is 1.25 bits per heavy atom. The Morgan fingerprint density at radius 2 is 2.00 bits per heavy atom. The number of hydrogen-bond acceptors (Lipinski definition) is 3. The number of carbonyl (C=O) groups excluding carboxylic acids is 1. The van der Waals surface area contributed by atoms with Gasteiger partial charge in [0.2, 0.25) is 5.91 Å². The van der Waals surface area contributed by atoms with Gasteiger partial charge < -0.3 is 10.4 Å². The van der Waals surface area contributed by atoms with Crippen molar-refractivity contribution in [3.8, 4) is 0 Å². The summed E-state index contributed by atoms with van der Waals surface area (Å²) in [5.41, 5.74) is 0. The minimum absolute atomic E-state index is 0.0495. The summed E-state index contributed by atoms with van der Waals surface area (Å²) < 4.78 is 0. The van der Waals surface area contributed by atoms with Gasteiger partial charge in [0.1, 0.15) is 0 Å². The normalized spacial score (nSPS) is 21.6. The molecule has 0 radical (unpaired) electrons. The van der Waals surface area contributed by atoms with E-state index in [2.05, 4.69) is 5.32 Å². The van der Waals surface area contributed by atoms with Gasteiger partial charge >= 0.3 is 5.97 Å². The van der Waals surface area contributed by atoms with Crippen molar-refractivity contribution in [2.45, 2.75) is 36.6 Å². The molecule has 0 aromatic heterocycles. The molecule has 0 heterocycles. The molecule has 108 valence electrons. The van der Waals surface area contributed by atoms with E-state index in [9.17, 15) is 9.59 Å². The fraction of sp³-hybridized carbons (Fsp3) is 0.467. The molecule has 1 fully saturated rings. The smallest absolute Gasteiger partial charge is 0.308 e. The SMILES string of the molecule is O=C(CCSc1ccccc1)N[C@H]1CCC[C@H]1C(=O)O. The molecule has 4 nitrogen and oxygen atoms in total. The average molecular weight is 293 g/mol. The van der Waals surface area contributed by atoms with Crippen LogP contribution in [0.15, 0.2) is 35.2 Å². The summed E-state index contributed by atoms with van der Waals surface area (Å²) in [5, 5.41) is 11.9. The first kappa shape index (κ1) is 14.9. The summed E-state index contributed by atoms with van der Waals surface area (Å²) in [6.45, 7) is 0. The van der Waals surface area contributed by atoms with Crippen molar-refractivity contribution in [2.24, 2.45) is 5.92 Å². The summed E-state index contributed by atoms with van der Waals surface area (Å²) in [4.78, 5) is 24.0. The van der Waals surface area contributed by atoms with E-state index >= 15 is 0 Å². The highest BCUT2D eigenvalue weighted by Crippen LogP contribution is 2.26. The van der Waals surface area contributed by atoms with E-state index in [1.807, 2.05) is 30.3 Å². The fourth-order valence-electron chi connectivity index (χ4n) is 2.49. The summed E-state index contributed by atoms with van der Waals surface area (Å²) in [6.07, 6.45) is 2.73. The van der Waals surface area contributed by atoms with Crippen molar-refractivity contribution in [1.82, 2.24) is 5.32 Å². The number of benzene rings is 1. The van der Waals surface area contributed by atoms with Crippen molar-refractivity contribution < 1.29 is 14.7 Å². The van der Waals surface area contributed by atoms with Crippen LogP contribution in [0.2, 0.25) is 0 Å². The third-order valence-corrected chi connectivity index (χ3v) is 4.53.